The van der Waals surface area contributed by atoms with E-state index in [1.165, 1.54) is 50.8 Å². The van der Waals surface area contributed by atoms with E-state index in [-0.39, 0.29) is 11.3 Å². The van der Waals surface area contributed by atoms with Crippen LogP contribution in [0.15, 0.2) is 42.6 Å². The van der Waals surface area contributed by atoms with E-state index >= 15 is 0 Å². The number of aromatic nitrogens is 1. The molecule has 164 valence electrons. The van der Waals surface area contributed by atoms with Crippen LogP contribution < -0.4 is 4.90 Å². The predicted molar refractivity (Wildman–Crippen MR) is 119 cm³/mol. The fourth-order valence-corrected chi connectivity index (χ4v) is 3.73. The lowest BCUT2D eigenvalue weighted by Crippen LogP contribution is -2.29. The summed E-state index contributed by atoms with van der Waals surface area (Å²) in [5.41, 5.74) is 1.06. The molecular formula is C25H30N2O4. The summed E-state index contributed by atoms with van der Waals surface area (Å²) in [5, 5.41) is 0. The second kappa shape index (κ2) is 11.4. The first-order chi connectivity index (χ1) is 15.1. The predicted octanol–water partition coefficient (Wildman–Crippen LogP) is 5.57. The van der Waals surface area contributed by atoms with Gasteiger partial charge >= 0.3 is 5.97 Å². The first kappa shape index (κ1) is 22.7. The molecule has 6 nitrogen and oxygen atoms in total. The number of unbranched alkanes of at least 4 members (excludes halogenated alkanes) is 8. The third-order valence-corrected chi connectivity index (χ3v) is 5.47. The SMILES string of the molecule is CCCCCCCCCCCOC(=O)c1cccc(N2C(=O)c3cccnc3C2=O)c1. The van der Waals surface area contributed by atoms with Gasteiger partial charge in [-0.05, 0) is 36.8 Å². The molecule has 0 saturated heterocycles. The summed E-state index contributed by atoms with van der Waals surface area (Å²) in [6.07, 6.45) is 12.3. The second-order valence-corrected chi connectivity index (χ2v) is 7.86. The normalized spacial score (nSPS) is 12.9. The number of hydrogen-bond donors (Lipinski definition) is 0. The maximum absolute atomic E-state index is 12.6. The molecule has 6 heteroatoms. The number of esters is 1. The van der Waals surface area contributed by atoms with Crippen molar-refractivity contribution >= 4 is 23.5 Å². The molecule has 2 aromatic rings. The van der Waals surface area contributed by atoms with Crippen molar-refractivity contribution in [1.82, 2.24) is 4.98 Å². The topological polar surface area (TPSA) is 76.6 Å². The minimum absolute atomic E-state index is 0.130. The first-order valence-corrected chi connectivity index (χ1v) is 11.2. The van der Waals surface area contributed by atoms with Crippen molar-refractivity contribution < 1.29 is 19.1 Å². The maximum atomic E-state index is 12.6. The van der Waals surface area contributed by atoms with Gasteiger partial charge in [-0.25, -0.2) is 9.69 Å². The molecule has 0 atom stereocenters. The third kappa shape index (κ3) is 5.78. The number of imide groups is 1. The van der Waals surface area contributed by atoms with E-state index in [0.717, 1.165) is 24.2 Å². The van der Waals surface area contributed by atoms with E-state index < -0.39 is 17.8 Å². The highest BCUT2D eigenvalue weighted by Gasteiger charge is 2.37. The van der Waals surface area contributed by atoms with Crippen LogP contribution in [0.3, 0.4) is 0 Å². The Kier molecular flexibility index (Phi) is 8.33. The molecule has 0 bridgehead atoms. The molecule has 0 aliphatic carbocycles. The Bertz CT molecular complexity index is 890. The zero-order valence-corrected chi connectivity index (χ0v) is 18.1. The molecule has 0 spiro atoms. The van der Waals surface area contributed by atoms with Crippen molar-refractivity contribution in [1.29, 1.82) is 0 Å². The molecule has 0 N–H and O–H groups in total. The largest absolute Gasteiger partial charge is 0.462 e. The van der Waals surface area contributed by atoms with Gasteiger partial charge in [-0.1, -0.05) is 64.4 Å². The lowest BCUT2D eigenvalue weighted by molar-refractivity contribution is 0.0497. The van der Waals surface area contributed by atoms with Crippen molar-refractivity contribution in [3.8, 4) is 0 Å². The van der Waals surface area contributed by atoms with Crippen LogP contribution in [0.4, 0.5) is 5.69 Å². The highest BCUT2D eigenvalue weighted by Crippen LogP contribution is 2.27. The molecular weight excluding hydrogens is 392 g/mol. The number of nitrogens with zero attached hydrogens (tertiary/aromatic N) is 2. The second-order valence-electron chi connectivity index (χ2n) is 7.86. The molecule has 1 aromatic carbocycles. The number of ether oxygens (including phenoxy) is 1. The van der Waals surface area contributed by atoms with Gasteiger partial charge in [0.1, 0.15) is 5.69 Å². The standard InChI is InChI=1S/C25H30N2O4/c1-2-3-4-5-6-7-8-9-10-17-31-25(30)19-13-11-14-20(18-19)27-23(28)21-15-12-16-26-22(21)24(27)29/h11-16,18H,2-10,17H2,1H3. The molecule has 1 aliphatic heterocycles. The Morgan fingerprint density at radius 3 is 2.32 bits per heavy atom. The van der Waals surface area contributed by atoms with E-state index in [2.05, 4.69) is 11.9 Å². The number of amides is 2. The molecule has 0 saturated carbocycles. The van der Waals surface area contributed by atoms with Gasteiger partial charge in [0.25, 0.3) is 11.8 Å². The number of hydrogen-bond acceptors (Lipinski definition) is 5. The Morgan fingerprint density at radius 1 is 0.903 bits per heavy atom. The summed E-state index contributed by atoms with van der Waals surface area (Å²) in [6, 6.07) is 9.60. The third-order valence-electron chi connectivity index (χ3n) is 5.47. The molecule has 0 radical (unpaired) electrons. The van der Waals surface area contributed by atoms with Gasteiger partial charge in [0, 0.05) is 6.20 Å². The summed E-state index contributed by atoms with van der Waals surface area (Å²) < 4.78 is 5.38. The number of fused-ring (bicyclic) bond motifs is 1. The first-order valence-electron chi connectivity index (χ1n) is 11.2. The molecule has 0 unspecified atom stereocenters. The summed E-state index contributed by atoms with van der Waals surface area (Å²) in [7, 11) is 0. The fourth-order valence-electron chi connectivity index (χ4n) is 3.73. The molecule has 2 heterocycles. The van der Waals surface area contributed by atoms with Crippen LogP contribution in [0.1, 0.15) is 95.9 Å². The number of pyridine rings is 1. The summed E-state index contributed by atoms with van der Waals surface area (Å²) in [4.78, 5) is 42.7. The molecule has 3 rings (SSSR count). The van der Waals surface area contributed by atoms with Crippen molar-refractivity contribution in [3.63, 3.8) is 0 Å². The van der Waals surface area contributed by atoms with Gasteiger partial charge in [0.15, 0.2) is 0 Å². The van der Waals surface area contributed by atoms with E-state index in [1.807, 2.05) is 0 Å². The van der Waals surface area contributed by atoms with Crippen molar-refractivity contribution in [2.75, 3.05) is 11.5 Å². The highest BCUT2D eigenvalue weighted by molar-refractivity contribution is 6.33. The van der Waals surface area contributed by atoms with Crippen LogP contribution in [0.25, 0.3) is 0 Å². The number of anilines is 1. The quantitative estimate of drug-likeness (QED) is 0.254. The number of benzene rings is 1. The Morgan fingerprint density at radius 2 is 1.61 bits per heavy atom. The zero-order chi connectivity index (χ0) is 22.1. The van der Waals surface area contributed by atoms with Crippen LogP contribution in [0.2, 0.25) is 0 Å². The van der Waals surface area contributed by atoms with E-state index in [9.17, 15) is 14.4 Å². The van der Waals surface area contributed by atoms with Gasteiger partial charge in [-0.3, -0.25) is 14.6 Å². The number of rotatable bonds is 12. The molecule has 31 heavy (non-hydrogen) atoms. The Balaban J connectivity index is 1.46. The van der Waals surface area contributed by atoms with Crippen LogP contribution in [-0.4, -0.2) is 29.4 Å². The molecule has 2 amide bonds. The lowest BCUT2D eigenvalue weighted by Gasteiger charge is -2.14. The minimum Gasteiger partial charge on any atom is -0.462 e. The van der Waals surface area contributed by atoms with Crippen molar-refractivity contribution in [3.05, 3.63) is 59.4 Å². The van der Waals surface area contributed by atoms with E-state index in [0.29, 0.717) is 17.9 Å². The van der Waals surface area contributed by atoms with E-state index in [1.54, 1.807) is 30.3 Å². The zero-order valence-electron chi connectivity index (χ0n) is 18.1. The van der Waals surface area contributed by atoms with Crippen molar-refractivity contribution in [2.45, 2.75) is 64.7 Å². The Hall–Kier alpha value is -3.02. The van der Waals surface area contributed by atoms with E-state index in [4.69, 9.17) is 4.74 Å². The number of carbonyl (C=O) groups is 3. The van der Waals surface area contributed by atoms with Gasteiger partial charge in [-0.15, -0.1) is 0 Å². The smallest absolute Gasteiger partial charge is 0.338 e. The monoisotopic (exact) mass is 422 g/mol. The summed E-state index contributed by atoms with van der Waals surface area (Å²) >= 11 is 0. The number of carbonyl (C=O) groups excluding carboxylic acids is 3. The average Bonchev–Trinajstić information content (AvgIpc) is 3.05. The average molecular weight is 423 g/mol. The van der Waals surface area contributed by atoms with Crippen LogP contribution in [0.5, 0.6) is 0 Å². The van der Waals surface area contributed by atoms with Crippen LogP contribution in [-0.2, 0) is 4.74 Å². The summed E-state index contributed by atoms with van der Waals surface area (Å²) in [5.74, 6) is -1.37. The van der Waals surface area contributed by atoms with Gasteiger partial charge in [-0.2, -0.15) is 0 Å². The van der Waals surface area contributed by atoms with Gasteiger partial charge in [0.05, 0.1) is 23.4 Å². The maximum Gasteiger partial charge on any atom is 0.338 e. The van der Waals surface area contributed by atoms with Crippen LogP contribution in [0, 0.1) is 0 Å². The molecule has 0 fully saturated rings. The van der Waals surface area contributed by atoms with Crippen molar-refractivity contribution in [2.24, 2.45) is 0 Å². The summed E-state index contributed by atoms with van der Waals surface area (Å²) in [6.45, 7) is 2.59. The van der Waals surface area contributed by atoms with Crippen LogP contribution >= 0.6 is 0 Å². The minimum atomic E-state index is -0.485. The van der Waals surface area contributed by atoms with Gasteiger partial charge < -0.3 is 4.74 Å². The highest BCUT2D eigenvalue weighted by atomic mass is 16.5. The molecule has 1 aliphatic rings. The molecule has 1 aromatic heterocycles. The Labute approximate surface area is 183 Å². The lowest BCUT2D eigenvalue weighted by atomic mass is 10.1. The fraction of sp³-hybridized carbons (Fsp3) is 0.440. The van der Waals surface area contributed by atoms with Gasteiger partial charge in [0.2, 0.25) is 0 Å².